The second-order valence-corrected chi connectivity index (χ2v) is 11.3. The summed E-state index contributed by atoms with van der Waals surface area (Å²) in [6.07, 6.45) is 13.6. The van der Waals surface area contributed by atoms with Gasteiger partial charge < -0.3 is 9.47 Å². The molecule has 2 heterocycles. The van der Waals surface area contributed by atoms with E-state index in [0.29, 0.717) is 5.92 Å². The number of anilines is 3. The maximum absolute atomic E-state index is 4.45. The van der Waals surface area contributed by atoms with Crippen LogP contribution >= 0.6 is 0 Å². The van der Waals surface area contributed by atoms with Crippen LogP contribution in [0.25, 0.3) is 38.6 Å². The lowest BCUT2D eigenvalue weighted by Gasteiger charge is -2.26. The molecule has 8 rings (SSSR count). The predicted molar refractivity (Wildman–Crippen MR) is 184 cm³/mol. The van der Waals surface area contributed by atoms with E-state index < -0.39 is 0 Å². The minimum atomic E-state index is 0.416. The third-order valence-corrected chi connectivity index (χ3v) is 8.61. The monoisotopic (exact) mass is 565 g/mol. The summed E-state index contributed by atoms with van der Waals surface area (Å²) in [5.74, 6) is 0.416. The van der Waals surface area contributed by atoms with Gasteiger partial charge in [0.25, 0.3) is 0 Å². The van der Waals surface area contributed by atoms with Gasteiger partial charge in [0.15, 0.2) is 0 Å². The third-order valence-electron chi connectivity index (χ3n) is 8.61. The quantitative estimate of drug-likeness (QED) is 0.200. The maximum Gasteiger partial charge on any atom is 0.0645 e. The van der Waals surface area contributed by atoms with Crippen LogP contribution in [-0.4, -0.2) is 9.55 Å². The van der Waals surface area contributed by atoms with E-state index in [9.17, 15) is 0 Å². The minimum Gasteiger partial charge on any atom is -0.310 e. The van der Waals surface area contributed by atoms with E-state index in [4.69, 9.17) is 0 Å². The van der Waals surface area contributed by atoms with Crippen LogP contribution in [0.5, 0.6) is 0 Å². The summed E-state index contributed by atoms with van der Waals surface area (Å²) in [5, 5.41) is 2.45. The van der Waals surface area contributed by atoms with Crippen LogP contribution in [0, 0.1) is 0 Å². The van der Waals surface area contributed by atoms with Gasteiger partial charge in [0.2, 0.25) is 0 Å². The predicted octanol–water partition coefficient (Wildman–Crippen LogP) is 10.9. The van der Waals surface area contributed by atoms with Crippen molar-refractivity contribution in [1.82, 2.24) is 9.55 Å². The average Bonchev–Trinajstić information content (AvgIpc) is 3.44. The Morgan fingerprint density at radius 3 is 2.05 bits per heavy atom. The van der Waals surface area contributed by atoms with E-state index in [1.807, 2.05) is 18.5 Å². The number of nitrogens with zero attached hydrogens (tertiary/aromatic N) is 3. The molecule has 3 nitrogen and oxygen atoms in total. The summed E-state index contributed by atoms with van der Waals surface area (Å²) in [7, 11) is 0. The zero-order valence-corrected chi connectivity index (χ0v) is 24.3. The Bertz CT molecular complexity index is 2120. The molecule has 0 saturated heterocycles. The van der Waals surface area contributed by atoms with Gasteiger partial charge >= 0.3 is 0 Å². The van der Waals surface area contributed by atoms with Gasteiger partial charge in [-0.05, 0) is 77.7 Å². The highest BCUT2D eigenvalue weighted by molar-refractivity contribution is 6.10. The molecule has 0 aliphatic heterocycles. The van der Waals surface area contributed by atoms with Crippen LogP contribution in [0.4, 0.5) is 17.1 Å². The first kappa shape index (κ1) is 26.0. The molecule has 0 fully saturated rings. The summed E-state index contributed by atoms with van der Waals surface area (Å²) in [4.78, 5) is 6.81. The molecule has 0 N–H and O–H groups in total. The van der Waals surface area contributed by atoms with E-state index in [2.05, 4.69) is 166 Å². The highest BCUT2D eigenvalue weighted by atomic mass is 15.1. The van der Waals surface area contributed by atoms with Gasteiger partial charge in [0, 0.05) is 39.9 Å². The Balaban J connectivity index is 1.29. The van der Waals surface area contributed by atoms with Crippen LogP contribution in [0.2, 0.25) is 0 Å². The third kappa shape index (κ3) is 4.69. The van der Waals surface area contributed by atoms with Crippen molar-refractivity contribution in [3.63, 3.8) is 0 Å². The fraction of sp³-hybridized carbons (Fsp3) is 0.0488. The molecule has 3 heteroatoms. The largest absolute Gasteiger partial charge is 0.310 e. The number of pyridine rings is 1. The standard InChI is InChI=1S/C41H31N3/c1-3-10-30(11-4-1)32-17-21-34(22-18-32)43(35-23-19-33(20-24-35)31-12-5-2-6-13-31)36-25-26-39-38-15-7-8-16-40(38)44(41(39)28-36)37-14-9-27-42-29-37/h1-12,14-29,31H,13H2. The molecular formula is C41H31N3. The van der Waals surface area contributed by atoms with Gasteiger partial charge in [-0.3, -0.25) is 4.98 Å². The average molecular weight is 566 g/mol. The Morgan fingerprint density at radius 1 is 0.591 bits per heavy atom. The van der Waals surface area contributed by atoms with Gasteiger partial charge in [0.1, 0.15) is 0 Å². The number of aromatic nitrogens is 2. The number of para-hydroxylation sites is 1. The highest BCUT2D eigenvalue weighted by Crippen LogP contribution is 2.40. The van der Waals surface area contributed by atoms with Crippen molar-refractivity contribution >= 4 is 38.9 Å². The Morgan fingerprint density at radius 2 is 1.30 bits per heavy atom. The molecule has 210 valence electrons. The lowest BCUT2D eigenvalue weighted by Crippen LogP contribution is -2.10. The highest BCUT2D eigenvalue weighted by Gasteiger charge is 2.18. The normalized spacial score (nSPS) is 14.3. The summed E-state index contributed by atoms with van der Waals surface area (Å²) < 4.78 is 2.32. The van der Waals surface area contributed by atoms with Crippen LogP contribution in [0.15, 0.2) is 170 Å². The lowest BCUT2D eigenvalue weighted by molar-refractivity contribution is 0.854. The van der Waals surface area contributed by atoms with Gasteiger partial charge in [-0.1, -0.05) is 103 Å². The zero-order valence-electron chi connectivity index (χ0n) is 24.3. The second-order valence-electron chi connectivity index (χ2n) is 11.3. The molecule has 0 radical (unpaired) electrons. The summed E-state index contributed by atoms with van der Waals surface area (Å²) in [6.45, 7) is 0. The van der Waals surface area contributed by atoms with E-state index in [1.54, 1.807) is 0 Å². The number of fused-ring (bicyclic) bond motifs is 3. The van der Waals surface area contributed by atoms with Gasteiger partial charge in [-0.25, -0.2) is 0 Å². The first-order chi connectivity index (χ1) is 21.8. The number of hydrogen-bond donors (Lipinski definition) is 0. The number of hydrogen-bond acceptors (Lipinski definition) is 2. The molecular weight excluding hydrogens is 534 g/mol. The molecule has 0 saturated carbocycles. The van der Waals surface area contributed by atoms with Crippen LogP contribution < -0.4 is 4.90 Å². The van der Waals surface area contributed by atoms with Crippen LogP contribution in [0.1, 0.15) is 17.9 Å². The molecule has 44 heavy (non-hydrogen) atoms. The van der Waals surface area contributed by atoms with Gasteiger partial charge in [-0.2, -0.15) is 0 Å². The van der Waals surface area contributed by atoms with Crippen molar-refractivity contribution in [1.29, 1.82) is 0 Å². The Kier molecular flexibility index (Phi) is 6.62. The molecule has 7 aromatic rings. The van der Waals surface area contributed by atoms with E-state index in [1.165, 1.54) is 33.0 Å². The van der Waals surface area contributed by atoms with E-state index in [0.717, 1.165) is 34.7 Å². The summed E-state index contributed by atoms with van der Waals surface area (Å²) in [6, 6.07) is 48.1. The molecule has 1 aliphatic rings. The topological polar surface area (TPSA) is 21.1 Å². The van der Waals surface area contributed by atoms with Crippen molar-refractivity contribution in [2.45, 2.75) is 12.3 Å². The Labute approximate surface area is 257 Å². The fourth-order valence-electron chi connectivity index (χ4n) is 6.44. The van der Waals surface area contributed by atoms with Crippen LogP contribution in [0.3, 0.4) is 0 Å². The molecule has 0 bridgehead atoms. The minimum absolute atomic E-state index is 0.416. The second kappa shape index (κ2) is 11.2. The van der Waals surface area contributed by atoms with E-state index >= 15 is 0 Å². The van der Waals surface area contributed by atoms with E-state index in [-0.39, 0.29) is 0 Å². The van der Waals surface area contributed by atoms with Crippen LogP contribution in [-0.2, 0) is 0 Å². The number of benzene rings is 5. The first-order valence-electron chi connectivity index (χ1n) is 15.2. The van der Waals surface area contributed by atoms with Crippen molar-refractivity contribution < 1.29 is 0 Å². The zero-order chi connectivity index (χ0) is 29.3. The smallest absolute Gasteiger partial charge is 0.0645 e. The lowest BCUT2D eigenvalue weighted by atomic mass is 9.92. The molecule has 2 aromatic heterocycles. The molecule has 1 unspecified atom stereocenters. The molecule has 1 atom stereocenters. The van der Waals surface area contributed by atoms with Crippen molar-refractivity contribution in [2.24, 2.45) is 0 Å². The van der Waals surface area contributed by atoms with Gasteiger partial charge in [-0.15, -0.1) is 0 Å². The molecule has 1 aliphatic carbocycles. The number of allylic oxidation sites excluding steroid dienone is 4. The summed E-state index contributed by atoms with van der Waals surface area (Å²) >= 11 is 0. The van der Waals surface area contributed by atoms with Gasteiger partial charge in [0.05, 0.1) is 22.9 Å². The molecule has 0 spiro atoms. The van der Waals surface area contributed by atoms with Crippen molar-refractivity contribution in [3.05, 3.63) is 176 Å². The fourth-order valence-corrected chi connectivity index (χ4v) is 6.44. The maximum atomic E-state index is 4.45. The molecule has 0 amide bonds. The summed E-state index contributed by atoms with van der Waals surface area (Å²) in [5.41, 5.74) is 10.5. The number of rotatable bonds is 6. The SMILES string of the molecule is C1=CCC(c2ccc(N(c3ccc(-c4ccccc4)cc3)c3ccc4c5ccccc5n(-c5cccnc5)c4c3)cc2)C=C1. The first-order valence-corrected chi connectivity index (χ1v) is 15.2. The van der Waals surface area contributed by atoms with Crippen molar-refractivity contribution in [2.75, 3.05) is 4.90 Å². The Hall–Kier alpha value is -5.67. The molecule has 5 aromatic carbocycles. The van der Waals surface area contributed by atoms with Crippen molar-refractivity contribution in [3.8, 4) is 16.8 Å².